The van der Waals surface area contributed by atoms with E-state index < -0.39 is 5.97 Å². The zero-order valence-electron chi connectivity index (χ0n) is 7.63. The third kappa shape index (κ3) is 3.94. The lowest BCUT2D eigenvalue weighted by molar-refractivity contribution is -0.135. The van der Waals surface area contributed by atoms with Gasteiger partial charge >= 0.3 is 5.97 Å². The van der Waals surface area contributed by atoms with E-state index in [-0.39, 0.29) is 0 Å². The van der Waals surface area contributed by atoms with E-state index in [2.05, 4.69) is 27.2 Å². The maximum absolute atomic E-state index is 11.1. The lowest BCUT2D eigenvalue weighted by Crippen LogP contribution is -2.03. The molecule has 0 saturated heterocycles. The number of halogens is 1. The molecular formula is C9H12BrNO2. The Hall–Kier alpha value is -1.03. The molecular weight excluding hydrogens is 234 g/mol. The second kappa shape index (κ2) is 5.59. The predicted octanol–water partition coefficient (Wildman–Crippen LogP) is 1.86. The van der Waals surface area contributed by atoms with E-state index in [1.54, 1.807) is 13.0 Å². The molecule has 0 aliphatic rings. The molecule has 0 unspecified atom stereocenters. The molecule has 0 rings (SSSR count). The van der Waals surface area contributed by atoms with E-state index in [0.29, 0.717) is 15.8 Å². The van der Waals surface area contributed by atoms with Crippen molar-refractivity contribution in [3.63, 3.8) is 0 Å². The standard InChI is InChI=1S/C9H12BrNO2/c1-4-7(9(12)13-3)5-8(10)6(2)11/h4-5H,1,11H2,2-3H3/b7-5+,8-6-. The van der Waals surface area contributed by atoms with Crippen LogP contribution in [0.4, 0.5) is 0 Å². The van der Waals surface area contributed by atoms with E-state index >= 15 is 0 Å². The van der Waals surface area contributed by atoms with Crippen molar-refractivity contribution in [2.75, 3.05) is 7.11 Å². The summed E-state index contributed by atoms with van der Waals surface area (Å²) in [6.07, 6.45) is 2.98. The summed E-state index contributed by atoms with van der Waals surface area (Å²) in [5.41, 5.74) is 6.43. The third-order valence-electron chi connectivity index (χ3n) is 1.30. The van der Waals surface area contributed by atoms with Crippen LogP contribution in [0, 0.1) is 0 Å². The molecule has 0 spiro atoms. The van der Waals surface area contributed by atoms with Gasteiger partial charge in [0.15, 0.2) is 0 Å². The number of hydrogen-bond acceptors (Lipinski definition) is 3. The number of allylic oxidation sites excluding steroid dienone is 3. The molecule has 0 amide bonds. The average Bonchev–Trinajstić information content (AvgIpc) is 2.12. The summed E-state index contributed by atoms with van der Waals surface area (Å²) in [6.45, 7) is 5.21. The van der Waals surface area contributed by atoms with E-state index in [1.165, 1.54) is 13.2 Å². The summed E-state index contributed by atoms with van der Waals surface area (Å²) in [5, 5.41) is 0. The molecule has 0 saturated carbocycles. The molecule has 0 aromatic heterocycles. The van der Waals surface area contributed by atoms with Crippen molar-refractivity contribution in [1.29, 1.82) is 0 Å². The Morgan fingerprint density at radius 2 is 2.15 bits per heavy atom. The van der Waals surface area contributed by atoms with Gasteiger partial charge in [0.25, 0.3) is 0 Å². The first-order valence-corrected chi connectivity index (χ1v) is 4.36. The topological polar surface area (TPSA) is 52.3 Å². The van der Waals surface area contributed by atoms with Crippen LogP contribution in [0.15, 0.2) is 34.5 Å². The van der Waals surface area contributed by atoms with Gasteiger partial charge < -0.3 is 10.5 Å². The summed E-state index contributed by atoms with van der Waals surface area (Å²) in [5.74, 6) is -0.437. The lowest BCUT2D eigenvalue weighted by atomic mass is 10.2. The van der Waals surface area contributed by atoms with E-state index in [4.69, 9.17) is 5.73 Å². The first-order chi connectivity index (χ1) is 6.02. The Morgan fingerprint density at radius 3 is 2.46 bits per heavy atom. The van der Waals surface area contributed by atoms with Crippen LogP contribution < -0.4 is 5.73 Å². The minimum absolute atomic E-state index is 0.360. The van der Waals surface area contributed by atoms with Crippen molar-refractivity contribution in [1.82, 2.24) is 0 Å². The largest absolute Gasteiger partial charge is 0.465 e. The zero-order chi connectivity index (χ0) is 10.4. The Morgan fingerprint density at radius 1 is 1.62 bits per heavy atom. The molecule has 13 heavy (non-hydrogen) atoms. The maximum atomic E-state index is 11.1. The smallest absolute Gasteiger partial charge is 0.337 e. The summed E-state index contributed by atoms with van der Waals surface area (Å²) in [4.78, 5) is 11.1. The molecule has 0 heterocycles. The van der Waals surface area contributed by atoms with Crippen LogP contribution >= 0.6 is 15.9 Å². The molecule has 0 aliphatic heterocycles. The molecule has 72 valence electrons. The fourth-order valence-corrected chi connectivity index (χ4v) is 0.816. The van der Waals surface area contributed by atoms with Crippen molar-refractivity contribution in [2.24, 2.45) is 5.73 Å². The van der Waals surface area contributed by atoms with Gasteiger partial charge in [0.05, 0.1) is 12.7 Å². The second-order valence-corrected chi connectivity index (χ2v) is 3.18. The number of hydrogen-bond donors (Lipinski definition) is 1. The normalized spacial score (nSPS) is 13.3. The number of nitrogens with two attached hydrogens (primary N) is 1. The van der Waals surface area contributed by atoms with Crippen molar-refractivity contribution < 1.29 is 9.53 Å². The second-order valence-electron chi connectivity index (χ2n) is 2.33. The van der Waals surface area contributed by atoms with Gasteiger partial charge in [-0.3, -0.25) is 0 Å². The zero-order valence-corrected chi connectivity index (χ0v) is 9.22. The van der Waals surface area contributed by atoms with E-state index in [9.17, 15) is 4.79 Å². The van der Waals surface area contributed by atoms with E-state index in [0.717, 1.165) is 0 Å². The number of rotatable bonds is 3. The molecule has 0 aromatic rings. The van der Waals surface area contributed by atoms with Gasteiger partial charge in [-0.1, -0.05) is 12.7 Å². The highest BCUT2D eigenvalue weighted by Crippen LogP contribution is 2.13. The number of ether oxygens (including phenoxy) is 1. The van der Waals surface area contributed by atoms with Crippen molar-refractivity contribution in [3.05, 3.63) is 34.5 Å². The Bertz CT molecular complexity index is 275. The molecule has 0 atom stereocenters. The fourth-order valence-electron chi connectivity index (χ4n) is 0.569. The van der Waals surface area contributed by atoms with Gasteiger partial charge in [-0.15, -0.1) is 0 Å². The van der Waals surface area contributed by atoms with Gasteiger partial charge in [0.2, 0.25) is 0 Å². The Kier molecular flexibility index (Phi) is 5.14. The summed E-state index contributed by atoms with van der Waals surface area (Å²) in [6, 6.07) is 0. The van der Waals surface area contributed by atoms with Crippen LogP contribution in [0.1, 0.15) is 6.92 Å². The molecule has 0 aromatic carbocycles. The van der Waals surface area contributed by atoms with Crippen molar-refractivity contribution in [3.8, 4) is 0 Å². The van der Waals surface area contributed by atoms with Crippen LogP contribution in [0.5, 0.6) is 0 Å². The summed E-state index contributed by atoms with van der Waals surface area (Å²) < 4.78 is 5.17. The molecule has 0 aliphatic carbocycles. The number of carbonyl (C=O) groups excluding carboxylic acids is 1. The highest BCUT2D eigenvalue weighted by Gasteiger charge is 2.05. The van der Waals surface area contributed by atoms with Crippen LogP contribution in [0.25, 0.3) is 0 Å². The summed E-state index contributed by atoms with van der Waals surface area (Å²) in [7, 11) is 1.31. The third-order valence-corrected chi connectivity index (χ3v) is 2.15. The molecule has 4 heteroatoms. The van der Waals surface area contributed by atoms with Gasteiger partial charge in [-0.05, 0) is 28.9 Å². The Balaban J connectivity index is 4.88. The lowest BCUT2D eigenvalue weighted by Gasteiger charge is -1.99. The minimum Gasteiger partial charge on any atom is -0.465 e. The SMILES string of the molecule is C=C/C(=C\C(Br)=C(/C)N)C(=O)OC. The van der Waals surface area contributed by atoms with Gasteiger partial charge in [0.1, 0.15) is 0 Å². The quantitative estimate of drug-likeness (QED) is 0.469. The molecule has 0 fully saturated rings. The molecule has 2 N–H and O–H groups in total. The molecule has 3 nitrogen and oxygen atoms in total. The predicted molar refractivity (Wildman–Crippen MR) is 56.1 cm³/mol. The van der Waals surface area contributed by atoms with Gasteiger partial charge in [-0.25, -0.2) is 4.79 Å². The molecule has 0 bridgehead atoms. The van der Waals surface area contributed by atoms with Crippen LogP contribution in [-0.4, -0.2) is 13.1 Å². The number of esters is 1. The van der Waals surface area contributed by atoms with Crippen molar-refractivity contribution >= 4 is 21.9 Å². The van der Waals surface area contributed by atoms with Crippen LogP contribution in [-0.2, 0) is 9.53 Å². The average molecular weight is 246 g/mol. The Labute approximate surface area is 86.1 Å². The molecule has 0 radical (unpaired) electrons. The highest BCUT2D eigenvalue weighted by molar-refractivity contribution is 9.11. The fraction of sp³-hybridized carbons (Fsp3) is 0.222. The highest BCUT2D eigenvalue weighted by atomic mass is 79.9. The monoisotopic (exact) mass is 245 g/mol. The van der Waals surface area contributed by atoms with Crippen LogP contribution in [0.3, 0.4) is 0 Å². The summed E-state index contributed by atoms with van der Waals surface area (Å²) >= 11 is 3.20. The maximum Gasteiger partial charge on any atom is 0.337 e. The minimum atomic E-state index is -0.437. The van der Waals surface area contributed by atoms with E-state index in [1.807, 2.05) is 0 Å². The van der Waals surface area contributed by atoms with Gasteiger partial charge in [0, 0.05) is 10.2 Å². The van der Waals surface area contributed by atoms with Gasteiger partial charge in [-0.2, -0.15) is 0 Å². The van der Waals surface area contributed by atoms with Crippen LogP contribution in [0.2, 0.25) is 0 Å². The number of carbonyl (C=O) groups is 1. The first kappa shape index (κ1) is 12.0. The first-order valence-electron chi connectivity index (χ1n) is 3.57. The number of methoxy groups -OCH3 is 1. The van der Waals surface area contributed by atoms with Crippen molar-refractivity contribution in [2.45, 2.75) is 6.92 Å².